The van der Waals surface area contributed by atoms with E-state index in [0.717, 1.165) is 18.7 Å². The minimum Gasteiger partial charge on any atom is -0.381 e. The van der Waals surface area contributed by atoms with Crippen LogP contribution in [-0.4, -0.2) is 56.0 Å². The van der Waals surface area contributed by atoms with Gasteiger partial charge in [-0.3, -0.25) is 4.79 Å². The summed E-state index contributed by atoms with van der Waals surface area (Å²) in [6.45, 7) is 3.22. The Hall–Kier alpha value is -1.68. The van der Waals surface area contributed by atoms with Gasteiger partial charge in [0, 0.05) is 31.8 Å². The maximum absolute atomic E-state index is 12.8. The van der Waals surface area contributed by atoms with Crippen molar-refractivity contribution < 1.29 is 31.1 Å². The van der Waals surface area contributed by atoms with Gasteiger partial charge in [-0.15, -0.1) is 0 Å². The first-order valence-corrected chi connectivity index (χ1v) is 8.80. The standard InChI is InChI=1S/C14H17F3N2O4S/c1-2-19(8-10-5-7-23-9-10)13(20)11-4-3-6-18-12(11)24(21,22)14(15,16)17/h3-4,6,10H,2,5,7-9H2,1H3. The summed E-state index contributed by atoms with van der Waals surface area (Å²) in [6.07, 6.45) is 1.65. The molecular weight excluding hydrogens is 349 g/mol. The Morgan fingerprint density at radius 2 is 2.17 bits per heavy atom. The molecule has 0 spiro atoms. The fourth-order valence-electron chi connectivity index (χ4n) is 2.44. The van der Waals surface area contributed by atoms with E-state index in [-0.39, 0.29) is 19.0 Å². The molecule has 1 fully saturated rings. The van der Waals surface area contributed by atoms with Gasteiger partial charge in [0.2, 0.25) is 0 Å². The van der Waals surface area contributed by atoms with Gasteiger partial charge in [-0.05, 0) is 25.5 Å². The molecule has 1 aromatic rings. The maximum atomic E-state index is 12.8. The summed E-state index contributed by atoms with van der Waals surface area (Å²) in [5, 5.41) is -1.26. The van der Waals surface area contributed by atoms with Gasteiger partial charge in [0.05, 0.1) is 12.2 Å². The Balaban J connectivity index is 2.35. The summed E-state index contributed by atoms with van der Waals surface area (Å²) in [7, 11) is -5.70. The number of ether oxygens (including phenoxy) is 1. The van der Waals surface area contributed by atoms with E-state index in [2.05, 4.69) is 4.98 Å². The second-order valence-electron chi connectivity index (χ2n) is 5.38. The highest BCUT2D eigenvalue weighted by atomic mass is 32.2. The normalized spacial score (nSPS) is 18.6. The fourth-order valence-corrected chi connectivity index (χ4v) is 3.31. The Bertz CT molecular complexity index is 700. The molecule has 1 aromatic heterocycles. The number of carbonyl (C=O) groups is 1. The highest BCUT2D eigenvalue weighted by Gasteiger charge is 2.49. The number of amides is 1. The molecule has 2 rings (SSSR count). The van der Waals surface area contributed by atoms with Gasteiger partial charge in [-0.2, -0.15) is 13.2 Å². The molecule has 1 aliphatic heterocycles. The SMILES string of the molecule is CCN(CC1CCOC1)C(=O)c1cccnc1S(=O)(=O)C(F)(F)F. The van der Waals surface area contributed by atoms with E-state index in [1.807, 2.05) is 0 Å². The van der Waals surface area contributed by atoms with E-state index >= 15 is 0 Å². The van der Waals surface area contributed by atoms with E-state index in [1.165, 1.54) is 11.0 Å². The molecule has 2 heterocycles. The van der Waals surface area contributed by atoms with Crippen molar-refractivity contribution in [3.05, 3.63) is 23.9 Å². The van der Waals surface area contributed by atoms with Crippen LogP contribution >= 0.6 is 0 Å². The Morgan fingerprint density at radius 1 is 1.46 bits per heavy atom. The second-order valence-corrected chi connectivity index (χ2v) is 7.24. The molecule has 1 amide bonds. The minimum atomic E-state index is -5.70. The van der Waals surface area contributed by atoms with Crippen molar-refractivity contribution in [2.45, 2.75) is 23.9 Å². The van der Waals surface area contributed by atoms with Gasteiger partial charge in [0.1, 0.15) is 0 Å². The third kappa shape index (κ3) is 3.69. The zero-order valence-electron chi connectivity index (χ0n) is 12.9. The molecule has 1 atom stereocenters. The average molecular weight is 366 g/mol. The smallest absolute Gasteiger partial charge is 0.381 e. The zero-order chi connectivity index (χ0) is 18.0. The number of halogens is 3. The van der Waals surface area contributed by atoms with E-state index in [4.69, 9.17) is 4.74 Å². The molecule has 1 unspecified atom stereocenters. The number of pyridine rings is 1. The molecule has 1 saturated heterocycles. The first-order chi connectivity index (χ1) is 11.2. The van der Waals surface area contributed by atoms with Crippen molar-refractivity contribution in [2.24, 2.45) is 5.92 Å². The number of aromatic nitrogens is 1. The number of hydrogen-bond donors (Lipinski definition) is 0. The quantitative estimate of drug-likeness (QED) is 0.795. The summed E-state index contributed by atoms with van der Waals surface area (Å²) in [5.74, 6) is -0.714. The molecule has 6 nitrogen and oxygen atoms in total. The predicted octanol–water partition coefficient (Wildman–Crippen LogP) is 1.87. The van der Waals surface area contributed by atoms with Crippen LogP contribution < -0.4 is 0 Å². The van der Waals surface area contributed by atoms with Crippen molar-refractivity contribution in [1.29, 1.82) is 0 Å². The Kier molecular flexibility index (Phi) is 5.49. The number of sulfone groups is 1. The van der Waals surface area contributed by atoms with Crippen LogP contribution in [0.4, 0.5) is 13.2 Å². The second kappa shape index (κ2) is 7.06. The van der Waals surface area contributed by atoms with Crippen molar-refractivity contribution in [2.75, 3.05) is 26.3 Å². The third-order valence-electron chi connectivity index (χ3n) is 3.73. The summed E-state index contributed by atoms with van der Waals surface area (Å²) in [6, 6.07) is 2.27. The van der Waals surface area contributed by atoms with Crippen LogP contribution in [-0.2, 0) is 14.6 Å². The Morgan fingerprint density at radius 3 is 2.71 bits per heavy atom. The van der Waals surface area contributed by atoms with E-state index in [9.17, 15) is 26.4 Å². The lowest BCUT2D eigenvalue weighted by Gasteiger charge is -2.24. The van der Waals surface area contributed by atoms with Crippen molar-refractivity contribution in [3.63, 3.8) is 0 Å². The highest BCUT2D eigenvalue weighted by Crippen LogP contribution is 2.31. The molecule has 10 heteroatoms. The highest BCUT2D eigenvalue weighted by molar-refractivity contribution is 7.92. The molecule has 0 N–H and O–H groups in total. The van der Waals surface area contributed by atoms with Gasteiger partial charge in [0.15, 0.2) is 5.03 Å². The maximum Gasteiger partial charge on any atom is 0.503 e. The van der Waals surface area contributed by atoms with Crippen molar-refractivity contribution in [1.82, 2.24) is 9.88 Å². The molecule has 24 heavy (non-hydrogen) atoms. The Labute approximate surface area is 137 Å². The summed E-state index contributed by atoms with van der Waals surface area (Å²) in [5.41, 5.74) is -6.09. The fraction of sp³-hybridized carbons (Fsp3) is 0.571. The predicted molar refractivity (Wildman–Crippen MR) is 78.0 cm³/mol. The number of rotatable bonds is 5. The molecule has 134 valence electrons. The topological polar surface area (TPSA) is 76.6 Å². The van der Waals surface area contributed by atoms with E-state index in [0.29, 0.717) is 13.2 Å². The molecule has 0 radical (unpaired) electrons. The number of alkyl halides is 3. The van der Waals surface area contributed by atoms with Gasteiger partial charge < -0.3 is 9.64 Å². The van der Waals surface area contributed by atoms with Crippen LogP contribution in [0.2, 0.25) is 0 Å². The van der Waals surface area contributed by atoms with Crippen LogP contribution in [0.15, 0.2) is 23.4 Å². The van der Waals surface area contributed by atoms with Crippen LogP contribution in [0.25, 0.3) is 0 Å². The molecule has 0 aromatic carbocycles. The first-order valence-electron chi connectivity index (χ1n) is 7.32. The van der Waals surface area contributed by atoms with Gasteiger partial charge in [-0.1, -0.05) is 0 Å². The summed E-state index contributed by atoms with van der Waals surface area (Å²) >= 11 is 0. The summed E-state index contributed by atoms with van der Waals surface area (Å²) < 4.78 is 66.9. The third-order valence-corrected chi connectivity index (χ3v) is 5.18. The number of nitrogens with zero attached hydrogens (tertiary/aromatic N) is 2. The first kappa shape index (κ1) is 18.7. The summed E-state index contributed by atoms with van der Waals surface area (Å²) in [4.78, 5) is 17.2. The zero-order valence-corrected chi connectivity index (χ0v) is 13.7. The molecule has 0 bridgehead atoms. The number of carbonyl (C=O) groups excluding carboxylic acids is 1. The van der Waals surface area contributed by atoms with Gasteiger partial charge in [0.25, 0.3) is 15.7 Å². The van der Waals surface area contributed by atoms with Crippen molar-refractivity contribution in [3.8, 4) is 0 Å². The number of hydrogen-bond acceptors (Lipinski definition) is 5. The minimum absolute atomic E-state index is 0.0771. The van der Waals surface area contributed by atoms with Crippen LogP contribution in [0.1, 0.15) is 23.7 Å². The van der Waals surface area contributed by atoms with Crippen LogP contribution in [0.5, 0.6) is 0 Å². The largest absolute Gasteiger partial charge is 0.503 e. The lowest BCUT2D eigenvalue weighted by molar-refractivity contribution is -0.0438. The molecular formula is C14H17F3N2O4S. The van der Waals surface area contributed by atoms with E-state index < -0.39 is 31.8 Å². The lowest BCUT2D eigenvalue weighted by Crippen LogP contribution is -2.37. The monoisotopic (exact) mass is 366 g/mol. The van der Waals surface area contributed by atoms with E-state index in [1.54, 1.807) is 6.92 Å². The molecule has 1 aliphatic rings. The average Bonchev–Trinajstić information content (AvgIpc) is 3.04. The molecule has 0 saturated carbocycles. The van der Waals surface area contributed by atoms with Gasteiger partial charge >= 0.3 is 5.51 Å². The molecule has 0 aliphatic carbocycles. The van der Waals surface area contributed by atoms with Gasteiger partial charge in [-0.25, -0.2) is 13.4 Å². The van der Waals surface area contributed by atoms with Crippen LogP contribution in [0, 0.1) is 5.92 Å². The van der Waals surface area contributed by atoms with Crippen molar-refractivity contribution >= 4 is 15.7 Å². The lowest BCUT2D eigenvalue weighted by atomic mass is 10.1. The van der Waals surface area contributed by atoms with Crippen LogP contribution in [0.3, 0.4) is 0 Å².